The van der Waals surface area contributed by atoms with E-state index in [2.05, 4.69) is 10.0 Å². The summed E-state index contributed by atoms with van der Waals surface area (Å²) in [6.45, 7) is 0.262. The smallest absolute Gasteiger partial charge is 0.338 e. The first kappa shape index (κ1) is 40.1. The highest BCUT2D eigenvalue weighted by Gasteiger charge is 2.53. The van der Waals surface area contributed by atoms with Crippen LogP contribution in [0.25, 0.3) is 10.4 Å². The maximum absolute atomic E-state index is 13.7. The summed E-state index contributed by atoms with van der Waals surface area (Å²) in [6, 6.07) is 32.5. The van der Waals surface area contributed by atoms with Crippen LogP contribution in [0.5, 0.6) is 0 Å². The zero-order chi connectivity index (χ0) is 38.7. The molecular weight excluding hydrogens is 714 g/mol. The fraction of sp³-hybridized carbons (Fsp3) is 0.300. The van der Waals surface area contributed by atoms with Crippen molar-refractivity contribution in [3.63, 3.8) is 0 Å². The van der Waals surface area contributed by atoms with Gasteiger partial charge in [-0.15, -0.1) is 0 Å². The molecule has 0 radical (unpaired) electrons. The van der Waals surface area contributed by atoms with E-state index in [1.165, 1.54) is 36.4 Å². The van der Waals surface area contributed by atoms with Crippen LogP contribution in [0.3, 0.4) is 0 Å². The Bertz CT molecular complexity index is 1860. The summed E-state index contributed by atoms with van der Waals surface area (Å²) < 4.78 is 47.0. The molecule has 1 aliphatic rings. The van der Waals surface area contributed by atoms with E-state index in [0.29, 0.717) is 0 Å². The predicted molar refractivity (Wildman–Crippen MR) is 194 cm³/mol. The van der Waals surface area contributed by atoms with Crippen molar-refractivity contribution in [2.24, 2.45) is 5.11 Å². The highest BCUT2D eigenvalue weighted by molar-refractivity contribution is 5.91. The van der Waals surface area contributed by atoms with E-state index < -0.39 is 61.2 Å². The lowest BCUT2D eigenvalue weighted by atomic mass is 9.97. The van der Waals surface area contributed by atoms with Crippen LogP contribution >= 0.6 is 0 Å². The summed E-state index contributed by atoms with van der Waals surface area (Å²) >= 11 is 0. The first-order valence-electron chi connectivity index (χ1n) is 17.4. The van der Waals surface area contributed by atoms with Crippen molar-refractivity contribution >= 4 is 23.9 Å². The fourth-order valence-corrected chi connectivity index (χ4v) is 5.36. The number of nitrogens with zero attached hydrogens (tertiary/aromatic N) is 3. The van der Waals surface area contributed by atoms with Gasteiger partial charge >= 0.3 is 23.9 Å². The highest BCUT2D eigenvalue weighted by Crippen LogP contribution is 2.32. The number of carbonyl (C=O) groups is 4. The summed E-state index contributed by atoms with van der Waals surface area (Å²) in [4.78, 5) is 56.6. The molecule has 0 aliphatic carbocycles. The molecule has 15 heteroatoms. The van der Waals surface area contributed by atoms with E-state index in [4.69, 9.17) is 43.4 Å². The van der Waals surface area contributed by atoms with Crippen molar-refractivity contribution in [1.82, 2.24) is 0 Å². The molecule has 1 aliphatic heterocycles. The third kappa shape index (κ3) is 12.2. The molecule has 5 atom stereocenters. The quantitative estimate of drug-likeness (QED) is 0.0288. The molecule has 5 rings (SSSR count). The number of azide groups is 1. The maximum Gasteiger partial charge on any atom is 0.338 e. The molecule has 1 fully saturated rings. The largest absolute Gasteiger partial charge is 0.459 e. The Hall–Kier alpha value is -6.09. The molecule has 15 nitrogen and oxygen atoms in total. The van der Waals surface area contributed by atoms with Crippen molar-refractivity contribution in [2.75, 3.05) is 46.2 Å². The van der Waals surface area contributed by atoms with Gasteiger partial charge in [0.1, 0.15) is 12.7 Å². The van der Waals surface area contributed by atoms with E-state index in [0.717, 1.165) is 0 Å². The average molecular weight is 754 g/mol. The van der Waals surface area contributed by atoms with Gasteiger partial charge in [0.2, 0.25) is 0 Å². The van der Waals surface area contributed by atoms with E-state index in [1.54, 1.807) is 84.9 Å². The molecule has 286 valence electrons. The average Bonchev–Trinajstić information content (AvgIpc) is 3.23. The number of ether oxygens (including phenoxy) is 8. The lowest BCUT2D eigenvalue weighted by Crippen LogP contribution is -2.63. The minimum atomic E-state index is -1.54. The molecule has 4 aromatic carbocycles. The van der Waals surface area contributed by atoms with Crippen molar-refractivity contribution in [1.29, 1.82) is 0 Å². The second kappa shape index (κ2) is 21.6. The van der Waals surface area contributed by atoms with Crippen molar-refractivity contribution in [3.05, 3.63) is 154 Å². The van der Waals surface area contributed by atoms with Crippen LogP contribution < -0.4 is 0 Å². The minimum absolute atomic E-state index is 0.0352. The van der Waals surface area contributed by atoms with Crippen molar-refractivity contribution < 1.29 is 57.1 Å². The summed E-state index contributed by atoms with van der Waals surface area (Å²) in [7, 11) is 0. The van der Waals surface area contributed by atoms with Crippen LogP contribution in [-0.2, 0) is 37.9 Å². The van der Waals surface area contributed by atoms with Gasteiger partial charge in [-0.2, -0.15) is 0 Å². The number of hydrogen-bond donors (Lipinski definition) is 0. The SMILES string of the molecule is [N-]=[N+]=NCCOCCOCCO[C@@H]1OC(COC(=O)c2ccccc2)[C@H](OC(=O)c2ccccc2)[C@H](OC(=O)c2ccccc2)C1OC(=O)c1ccccc1. The van der Waals surface area contributed by atoms with E-state index in [-0.39, 0.29) is 61.8 Å². The molecule has 0 amide bonds. The van der Waals surface area contributed by atoms with E-state index in [9.17, 15) is 19.2 Å². The predicted octanol–water partition coefficient (Wildman–Crippen LogP) is 5.61. The normalized spacial score (nSPS) is 18.9. The molecule has 0 spiro atoms. The minimum Gasteiger partial charge on any atom is -0.459 e. The van der Waals surface area contributed by atoms with Gasteiger partial charge in [-0.3, -0.25) is 0 Å². The molecule has 0 saturated carbocycles. The Labute approximate surface area is 316 Å². The van der Waals surface area contributed by atoms with Gasteiger partial charge < -0.3 is 37.9 Å². The van der Waals surface area contributed by atoms with Gasteiger partial charge in [-0.1, -0.05) is 77.9 Å². The van der Waals surface area contributed by atoms with Gasteiger partial charge in [0.25, 0.3) is 0 Å². The standard InChI is InChI=1S/C40H39N3O12/c41-43-42-21-22-48-23-24-49-25-26-50-40-35(55-39(47)31-19-11-4-12-20-31)34(54-38(46)30-17-9-3-10-18-30)33(53-37(45)29-15-7-2-8-16-29)32(52-40)27-51-36(44)28-13-5-1-6-14-28/h1-20,32-35,40H,21-27H2/t32?,33-,34-,35?,40+/m0/s1. The monoisotopic (exact) mass is 753 g/mol. The van der Waals surface area contributed by atoms with Crippen LogP contribution in [0.1, 0.15) is 41.4 Å². The molecule has 2 unspecified atom stereocenters. The maximum atomic E-state index is 13.7. The van der Waals surface area contributed by atoms with E-state index >= 15 is 0 Å². The molecule has 4 aromatic rings. The molecule has 0 bridgehead atoms. The van der Waals surface area contributed by atoms with Gasteiger partial charge in [-0.05, 0) is 54.1 Å². The lowest BCUT2D eigenvalue weighted by molar-refractivity contribution is -0.299. The van der Waals surface area contributed by atoms with Crippen LogP contribution in [0.15, 0.2) is 126 Å². The number of carbonyl (C=O) groups excluding carboxylic acids is 4. The molecule has 1 heterocycles. The molecular formula is C40H39N3O12. The van der Waals surface area contributed by atoms with Gasteiger partial charge in [-0.25, -0.2) is 19.2 Å². The second-order valence-corrected chi connectivity index (χ2v) is 11.8. The van der Waals surface area contributed by atoms with Crippen LogP contribution in [-0.4, -0.2) is 101 Å². The fourth-order valence-electron chi connectivity index (χ4n) is 5.36. The molecule has 55 heavy (non-hydrogen) atoms. The second-order valence-electron chi connectivity index (χ2n) is 11.8. The van der Waals surface area contributed by atoms with Crippen molar-refractivity contribution in [2.45, 2.75) is 30.7 Å². The summed E-state index contributed by atoms with van der Waals surface area (Å²) in [6.07, 6.45) is -7.29. The van der Waals surface area contributed by atoms with Gasteiger partial charge in [0.05, 0.1) is 55.3 Å². The summed E-state index contributed by atoms with van der Waals surface area (Å²) in [5, 5.41) is 3.40. The van der Waals surface area contributed by atoms with Crippen molar-refractivity contribution in [3.8, 4) is 0 Å². The number of benzene rings is 4. The Kier molecular flexibility index (Phi) is 15.7. The zero-order valence-electron chi connectivity index (χ0n) is 29.6. The number of hydrogen-bond acceptors (Lipinski definition) is 13. The number of esters is 4. The Morgan fingerprint density at radius 2 is 0.964 bits per heavy atom. The van der Waals surface area contributed by atoms with Gasteiger partial charge in [0, 0.05) is 11.5 Å². The molecule has 1 saturated heterocycles. The zero-order valence-corrected chi connectivity index (χ0v) is 29.6. The summed E-state index contributed by atoms with van der Waals surface area (Å²) in [5.41, 5.74) is 9.15. The lowest BCUT2D eigenvalue weighted by Gasteiger charge is -2.44. The first-order chi connectivity index (χ1) is 26.9. The molecule has 0 aromatic heterocycles. The van der Waals surface area contributed by atoms with Crippen LogP contribution in [0, 0.1) is 0 Å². The van der Waals surface area contributed by atoms with Crippen LogP contribution in [0.2, 0.25) is 0 Å². The molecule has 0 N–H and O–H groups in total. The Balaban J connectivity index is 1.45. The van der Waals surface area contributed by atoms with Gasteiger partial charge in [0.15, 0.2) is 24.6 Å². The topological polar surface area (TPSA) is 191 Å². The summed E-state index contributed by atoms with van der Waals surface area (Å²) in [5.74, 6) is -3.13. The Morgan fingerprint density at radius 3 is 1.45 bits per heavy atom. The van der Waals surface area contributed by atoms with Crippen LogP contribution in [0.4, 0.5) is 0 Å². The number of rotatable bonds is 19. The highest BCUT2D eigenvalue weighted by atomic mass is 16.7. The first-order valence-corrected chi connectivity index (χ1v) is 17.4. The third-order valence-electron chi connectivity index (χ3n) is 8.02. The third-order valence-corrected chi connectivity index (χ3v) is 8.02. The Morgan fingerprint density at radius 1 is 0.545 bits per heavy atom. The van der Waals surface area contributed by atoms with E-state index in [1.807, 2.05) is 0 Å².